The zero-order valence-electron chi connectivity index (χ0n) is 10.5. The molecule has 4 nitrogen and oxygen atoms in total. The van der Waals surface area contributed by atoms with Crippen LogP contribution < -0.4 is 5.32 Å². The van der Waals surface area contributed by atoms with Crippen molar-refractivity contribution in [2.24, 2.45) is 0 Å². The monoisotopic (exact) mass is 244 g/mol. The maximum absolute atomic E-state index is 11.8. The summed E-state index contributed by atoms with van der Waals surface area (Å²) in [5.41, 5.74) is 2.35. The van der Waals surface area contributed by atoms with Gasteiger partial charge in [-0.05, 0) is 24.5 Å². The van der Waals surface area contributed by atoms with Crippen molar-refractivity contribution in [1.29, 1.82) is 0 Å². The molecule has 1 aromatic heterocycles. The van der Waals surface area contributed by atoms with Gasteiger partial charge >= 0.3 is 0 Å². The Morgan fingerprint density at radius 1 is 1.33 bits per heavy atom. The second-order valence-corrected chi connectivity index (χ2v) is 4.17. The van der Waals surface area contributed by atoms with Crippen LogP contribution in [0.25, 0.3) is 0 Å². The van der Waals surface area contributed by atoms with Crippen LogP contribution in [0, 0.1) is 0 Å². The second-order valence-electron chi connectivity index (χ2n) is 4.17. The molecule has 0 bridgehead atoms. The number of benzene rings is 1. The molecule has 1 unspecified atom stereocenters. The SMILES string of the molecule is CCc1ccc(C(C)NC(=O)c2ccno2)cc1. The fourth-order valence-corrected chi connectivity index (χ4v) is 1.73. The quantitative estimate of drug-likeness (QED) is 0.899. The van der Waals surface area contributed by atoms with Gasteiger partial charge in [0.25, 0.3) is 5.91 Å². The summed E-state index contributed by atoms with van der Waals surface area (Å²) in [6.07, 6.45) is 2.47. The minimum Gasteiger partial charge on any atom is -0.351 e. The van der Waals surface area contributed by atoms with E-state index in [1.165, 1.54) is 11.8 Å². The van der Waals surface area contributed by atoms with Gasteiger partial charge in [0.05, 0.1) is 12.2 Å². The lowest BCUT2D eigenvalue weighted by atomic mass is 10.0. The molecular formula is C14H16N2O2. The molecule has 2 rings (SSSR count). The lowest BCUT2D eigenvalue weighted by Crippen LogP contribution is -2.26. The highest BCUT2D eigenvalue weighted by Gasteiger charge is 2.13. The predicted molar refractivity (Wildman–Crippen MR) is 68.2 cm³/mol. The van der Waals surface area contributed by atoms with Gasteiger partial charge in [0.1, 0.15) is 0 Å². The van der Waals surface area contributed by atoms with Crippen LogP contribution in [0.1, 0.15) is 41.6 Å². The van der Waals surface area contributed by atoms with Gasteiger partial charge in [0.2, 0.25) is 5.76 Å². The molecule has 0 fully saturated rings. The van der Waals surface area contributed by atoms with Crippen LogP contribution >= 0.6 is 0 Å². The van der Waals surface area contributed by atoms with Crippen LogP contribution in [0.2, 0.25) is 0 Å². The van der Waals surface area contributed by atoms with Crippen LogP contribution in [-0.2, 0) is 6.42 Å². The van der Waals surface area contributed by atoms with Crippen LogP contribution in [-0.4, -0.2) is 11.1 Å². The van der Waals surface area contributed by atoms with Crippen molar-refractivity contribution in [2.75, 3.05) is 0 Å². The number of carbonyl (C=O) groups excluding carboxylic acids is 1. The maximum Gasteiger partial charge on any atom is 0.290 e. The van der Waals surface area contributed by atoms with Gasteiger partial charge in [-0.25, -0.2) is 0 Å². The van der Waals surface area contributed by atoms with Crippen molar-refractivity contribution in [3.63, 3.8) is 0 Å². The summed E-state index contributed by atoms with van der Waals surface area (Å²) < 4.78 is 4.81. The smallest absolute Gasteiger partial charge is 0.290 e. The number of nitrogens with zero attached hydrogens (tertiary/aromatic N) is 1. The number of aryl methyl sites for hydroxylation is 1. The summed E-state index contributed by atoms with van der Waals surface area (Å²) in [6.45, 7) is 4.05. The van der Waals surface area contributed by atoms with E-state index in [2.05, 4.69) is 29.5 Å². The van der Waals surface area contributed by atoms with Crippen molar-refractivity contribution in [3.05, 3.63) is 53.4 Å². The molecule has 94 valence electrons. The number of nitrogens with one attached hydrogen (secondary N) is 1. The predicted octanol–water partition coefficient (Wildman–Crippen LogP) is 2.73. The number of hydrogen-bond donors (Lipinski definition) is 1. The molecule has 0 aliphatic heterocycles. The van der Waals surface area contributed by atoms with Crippen LogP contribution in [0.3, 0.4) is 0 Å². The number of rotatable bonds is 4. The number of aromatic nitrogens is 1. The molecule has 18 heavy (non-hydrogen) atoms. The molecule has 1 atom stereocenters. The van der Waals surface area contributed by atoms with E-state index in [-0.39, 0.29) is 17.7 Å². The Balaban J connectivity index is 2.02. The molecule has 2 aromatic rings. The van der Waals surface area contributed by atoms with E-state index in [9.17, 15) is 4.79 Å². The number of carbonyl (C=O) groups is 1. The highest BCUT2D eigenvalue weighted by atomic mass is 16.5. The van der Waals surface area contributed by atoms with Gasteiger partial charge in [0, 0.05) is 6.07 Å². The Labute approximate surface area is 106 Å². The van der Waals surface area contributed by atoms with E-state index in [0.717, 1.165) is 12.0 Å². The fourth-order valence-electron chi connectivity index (χ4n) is 1.73. The van der Waals surface area contributed by atoms with Crippen LogP contribution in [0.4, 0.5) is 0 Å². The third kappa shape index (κ3) is 2.77. The van der Waals surface area contributed by atoms with Crippen molar-refractivity contribution in [2.45, 2.75) is 26.3 Å². The van der Waals surface area contributed by atoms with E-state index >= 15 is 0 Å². The molecule has 0 saturated carbocycles. The van der Waals surface area contributed by atoms with Gasteiger partial charge in [0.15, 0.2) is 0 Å². The van der Waals surface area contributed by atoms with Crippen molar-refractivity contribution in [1.82, 2.24) is 10.5 Å². The zero-order chi connectivity index (χ0) is 13.0. The van der Waals surface area contributed by atoms with E-state index in [1.54, 1.807) is 6.07 Å². The largest absolute Gasteiger partial charge is 0.351 e. The van der Waals surface area contributed by atoms with Crippen LogP contribution in [0.5, 0.6) is 0 Å². The molecule has 0 aliphatic carbocycles. The van der Waals surface area contributed by atoms with Gasteiger partial charge in [-0.15, -0.1) is 0 Å². The first-order valence-corrected chi connectivity index (χ1v) is 6.01. The maximum atomic E-state index is 11.8. The number of hydrogen-bond acceptors (Lipinski definition) is 3. The van der Waals surface area contributed by atoms with Crippen molar-refractivity contribution >= 4 is 5.91 Å². The lowest BCUT2D eigenvalue weighted by molar-refractivity contribution is 0.0902. The molecule has 1 amide bonds. The van der Waals surface area contributed by atoms with Crippen molar-refractivity contribution in [3.8, 4) is 0 Å². The third-order valence-electron chi connectivity index (χ3n) is 2.90. The van der Waals surface area contributed by atoms with Crippen LogP contribution in [0.15, 0.2) is 41.1 Å². The first-order valence-electron chi connectivity index (χ1n) is 6.01. The van der Waals surface area contributed by atoms with Gasteiger partial charge in [-0.3, -0.25) is 4.79 Å². The fraction of sp³-hybridized carbons (Fsp3) is 0.286. The highest BCUT2D eigenvalue weighted by molar-refractivity contribution is 5.91. The summed E-state index contributed by atoms with van der Waals surface area (Å²) in [7, 11) is 0. The Bertz CT molecular complexity index is 503. The summed E-state index contributed by atoms with van der Waals surface area (Å²) in [4.78, 5) is 11.8. The van der Waals surface area contributed by atoms with Crippen molar-refractivity contribution < 1.29 is 9.32 Å². The van der Waals surface area contributed by atoms with Gasteiger partial charge in [-0.2, -0.15) is 0 Å². The molecule has 0 saturated heterocycles. The molecule has 4 heteroatoms. The molecule has 1 aromatic carbocycles. The normalized spacial score (nSPS) is 12.1. The second kappa shape index (κ2) is 5.49. The number of amides is 1. The van der Waals surface area contributed by atoms with E-state index in [4.69, 9.17) is 4.52 Å². The molecule has 1 N–H and O–H groups in total. The summed E-state index contributed by atoms with van der Waals surface area (Å²) >= 11 is 0. The average molecular weight is 244 g/mol. The Hall–Kier alpha value is -2.10. The van der Waals surface area contributed by atoms with E-state index in [0.29, 0.717) is 0 Å². The Kier molecular flexibility index (Phi) is 3.77. The zero-order valence-corrected chi connectivity index (χ0v) is 10.5. The first-order chi connectivity index (χ1) is 8.70. The standard InChI is InChI=1S/C14H16N2O2/c1-3-11-4-6-12(7-5-11)10(2)16-14(17)13-8-9-15-18-13/h4-10H,3H2,1-2H3,(H,16,17). The third-order valence-corrected chi connectivity index (χ3v) is 2.90. The van der Waals surface area contributed by atoms with E-state index < -0.39 is 0 Å². The molecule has 0 spiro atoms. The molecule has 1 heterocycles. The Morgan fingerprint density at radius 2 is 2.06 bits per heavy atom. The van der Waals surface area contributed by atoms with E-state index in [1.807, 2.05) is 19.1 Å². The molecule has 0 aliphatic rings. The minimum absolute atomic E-state index is 0.0616. The molecular weight excluding hydrogens is 228 g/mol. The van der Waals surface area contributed by atoms with Gasteiger partial charge in [-0.1, -0.05) is 36.3 Å². The summed E-state index contributed by atoms with van der Waals surface area (Å²) in [6, 6.07) is 9.70. The Morgan fingerprint density at radius 3 is 2.61 bits per heavy atom. The molecule has 0 radical (unpaired) electrons. The van der Waals surface area contributed by atoms with Gasteiger partial charge < -0.3 is 9.84 Å². The average Bonchev–Trinajstić information content (AvgIpc) is 2.92. The lowest BCUT2D eigenvalue weighted by Gasteiger charge is -2.13. The summed E-state index contributed by atoms with van der Waals surface area (Å²) in [5, 5.41) is 6.37. The minimum atomic E-state index is -0.250. The highest BCUT2D eigenvalue weighted by Crippen LogP contribution is 2.14. The first kappa shape index (κ1) is 12.4. The topological polar surface area (TPSA) is 55.1 Å². The summed E-state index contributed by atoms with van der Waals surface area (Å²) in [5.74, 6) is -0.0217.